The second kappa shape index (κ2) is 6.69. The van der Waals surface area contributed by atoms with E-state index in [4.69, 9.17) is 17.3 Å². The predicted molar refractivity (Wildman–Crippen MR) is 77.8 cm³/mol. The molecule has 2 N–H and O–H groups in total. The molecule has 0 aromatic heterocycles. The maximum atomic E-state index is 13.9. The van der Waals surface area contributed by atoms with Gasteiger partial charge in [0.05, 0.1) is 0 Å². The summed E-state index contributed by atoms with van der Waals surface area (Å²) in [5, 5.41) is 0.559. The molecule has 2 rings (SSSR count). The van der Waals surface area contributed by atoms with Crippen LogP contribution in [0.5, 0.6) is 0 Å². The number of likely N-dealkylation sites (N-methyl/N-ethyl adjacent to an activating group) is 1. The van der Waals surface area contributed by atoms with E-state index in [1.54, 1.807) is 12.1 Å². The largest absolute Gasteiger partial charge is 0.329 e. The van der Waals surface area contributed by atoms with Gasteiger partial charge >= 0.3 is 0 Å². The topological polar surface area (TPSA) is 29.3 Å². The van der Waals surface area contributed by atoms with Crippen LogP contribution in [0.4, 0.5) is 4.39 Å². The summed E-state index contributed by atoms with van der Waals surface area (Å²) in [5.41, 5.74) is 6.45. The molecule has 2 nitrogen and oxygen atoms in total. The van der Waals surface area contributed by atoms with Crippen LogP contribution in [0.3, 0.4) is 0 Å². The molecule has 0 spiro atoms. The molecule has 1 atom stereocenters. The third kappa shape index (κ3) is 3.68. The van der Waals surface area contributed by atoms with E-state index in [0.717, 1.165) is 12.5 Å². The smallest absolute Gasteiger partial charge is 0.128 e. The lowest BCUT2D eigenvalue weighted by Crippen LogP contribution is -2.34. The van der Waals surface area contributed by atoms with Gasteiger partial charge in [0.25, 0.3) is 0 Å². The normalized spacial score (nSPS) is 18.2. The molecule has 1 aromatic rings. The Balaban J connectivity index is 2.11. The first-order chi connectivity index (χ1) is 9.11. The highest BCUT2D eigenvalue weighted by atomic mass is 35.5. The third-order valence-electron chi connectivity index (χ3n) is 4.09. The number of rotatable bonds is 5. The van der Waals surface area contributed by atoms with Crippen molar-refractivity contribution < 1.29 is 4.39 Å². The molecule has 0 aliphatic heterocycles. The van der Waals surface area contributed by atoms with E-state index < -0.39 is 0 Å². The lowest BCUT2D eigenvalue weighted by molar-refractivity contribution is 0.209. The van der Waals surface area contributed by atoms with Crippen LogP contribution in [0, 0.1) is 11.7 Å². The van der Waals surface area contributed by atoms with Gasteiger partial charge in [0.15, 0.2) is 0 Å². The van der Waals surface area contributed by atoms with E-state index in [9.17, 15) is 4.39 Å². The molecule has 106 valence electrons. The molecule has 1 fully saturated rings. The van der Waals surface area contributed by atoms with Gasteiger partial charge in [0.2, 0.25) is 0 Å². The van der Waals surface area contributed by atoms with Crippen molar-refractivity contribution in [3.8, 4) is 0 Å². The zero-order valence-corrected chi connectivity index (χ0v) is 12.2. The van der Waals surface area contributed by atoms with Crippen molar-refractivity contribution in [1.29, 1.82) is 0 Å². The second-order valence-electron chi connectivity index (χ2n) is 5.51. The van der Waals surface area contributed by atoms with Gasteiger partial charge in [-0.25, -0.2) is 4.39 Å². The van der Waals surface area contributed by atoms with Crippen molar-refractivity contribution >= 4 is 11.6 Å². The molecule has 1 aliphatic carbocycles. The number of benzene rings is 1. The Kier molecular flexibility index (Phi) is 5.20. The summed E-state index contributed by atoms with van der Waals surface area (Å²) in [5.74, 6) is 0.499. The Morgan fingerprint density at radius 2 is 2.11 bits per heavy atom. The summed E-state index contributed by atoms with van der Waals surface area (Å²) in [6, 6.07) is 4.59. The van der Waals surface area contributed by atoms with Crippen LogP contribution < -0.4 is 5.73 Å². The zero-order chi connectivity index (χ0) is 13.8. The Labute approximate surface area is 119 Å². The van der Waals surface area contributed by atoms with Crippen LogP contribution in [0.15, 0.2) is 18.2 Å². The van der Waals surface area contributed by atoms with Crippen molar-refractivity contribution in [2.75, 3.05) is 20.1 Å². The van der Waals surface area contributed by atoms with Gasteiger partial charge < -0.3 is 5.73 Å². The van der Waals surface area contributed by atoms with Gasteiger partial charge in [-0.3, -0.25) is 4.90 Å². The summed E-state index contributed by atoms with van der Waals surface area (Å²) in [7, 11) is 2.02. The standard InChI is InChI=1S/C15H22ClFN2/c1-19(10-11-4-2-3-5-11)15(9-18)13-8-12(16)6-7-14(13)17/h6-8,11,15H,2-5,9-10,18H2,1H3. The molecule has 0 radical (unpaired) electrons. The Bertz CT molecular complexity index is 419. The molecular formula is C15H22ClFN2. The van der Waals surface area contributed by atoms with Crippen molar-refractivity contribution in [3.63, 3.8) is 0 Å². The third-order valence-corrected chi connectivity index (χ3v) is 4.33. The fraction of sp³-hybridized carbons (Fsp3) is 0.600. The monoisotopic (exact) mass is 284 g/mol. The highest BCUT2D eigenvalue weighted by Crippen LogP contribution is 2.29. The van der Waals surface area contributed by atoms with Gasteiger partial charge in [-0.1, -0.05) is 24.4 Å². The first-order valence-electron chi connectivity index (χ1n) is 6.97. The fourth-order valence-corrected chi connectivity index (χ4v) is 3.22. The zero-order valence-electron chi connectivity index (χ0n) is 11.4. The van der Waals surface area contributed by atoms with Crippen molar-refractivity contribution in [3.05, 3.63) is 34.6 Å². The van der Waals surface area contributed by atoms with Gasteiger partial charge in [-0.2, -0.15) is 0 Å². The first-order valence-corrected chi connectivity index (χ1v) is 7.35. The Hall–Kier alpha value is -0.640. The molecule has 1 saturated carbocycles. The van der Waals surface area contributed by atoms with Crippen LogP contribution in [0.25, 0.3) is 0 Å². The van der Waals surface area contributed by atoms with E-state index in [0.29, 0.717) is 17.1 Å². The maximum Gasteiger partial charge on any atom is 0.128 e. The lowest BCUT2D eigenvalue weighted by atomic mass is 10.0. The molecule has 1 unspecified atom stereocenters. The van der Waals surface area contributed by atoms with Gasteiger partial charge in [-0.15, -0.1) is 0 Å². The van der Waals surface area contributed by atoms with E-state index in [1.165, 1.54) is 31.7 Å². The van der Waals surface area contributed by atoms with E-state index in [-0.39, 0.29) is 11.9 Å². The Morgan fingerprint density at radius 3 is 2.74 bits per heavy atom. The molecule has 0 bridgehead atoms. The average molecular weight is 285 g/mol. The predicted octanol–water partition coefficient (Wildman–Crippen LogP) is 3.60. The average Bonchev–Trinajstić information content (AvgIpc) is 2.87. The van der Waals surface area contributed by atoms with Crippen LogP contribution >= 0.6 is 11.6 Å². The van der Waals surface area contributed by atoms with Gasteiger partial charge in [-0.05, 0) is 44.0 Å². The second-order valence-corrected chi connectivity index (χ2v) is 5.94. The van der Waals surface area contributed by atoms with Crippen LogP contribution in [0.2, 0.25) is 5.02 Å². The van der Waals surface area contributed by atoms with Crippen molar-refractivity contribution in [2.24, 2.45) is 11.7 Å². The lowest BCUT2D eigenvalue weighted by Gasteiger charge is -2.30. The summed E-state index contributed by atoms with van der Waals surface area (Å²) in [6.07, 6.45) is 5.19. The summed E-state index contributed by atoms with van der Waals surface area (Å²) in [6.45, 7) is 1.38. The van der Waals surface area contributed by atoms with Crippen LogP contribution in [0.1, 0.15) is 37.3 Å². The molecule has 1 aliphatic rings. The summed E-state index contributed by atoms with van der Waals surface area (Å²) in [4.78, 5) is 2.17. The number of nitrogens with zero attached hydrogens (tertiary/aromatic N) is 1. The molecule has 4 heteroatoms. The van der Waals surface area contributed by atoms with Crippen LogP contribution in [-0.2, 0) is 0 Å². The molecule has 19 heavy (non-hydrogen) atoms. The van der Waals surface area contributed by atoms with Crippen LogP contribution in [-0.4, -0.2) is 25.0 Å². The van der Waals surface area contributed by atoms with Crippen molar-refractivity contribution in [1.82, 2.24) is 4.90 Å². The Morgan fingerprint density at radius 1 is 1.42 bits per heavy atom. The van der Waals surface area contributed by atoms with Gasteiger partial charge in [0.1, 0.15) is 5.82 Å². The highest BCUT2D eigenvalue weighted by Gasteiger charge is 2.23. The fourth-order valence-electron chi connectivity index (χ4n) is 3.04. The van der Waals surface area contributed by atoms with Crippen molar-refractivity contribution in [2.45, 2.75) is 31.7 Å². The summed E-state index contributed by atoms with van der Waals surface area (Å²) < 4.78 is 13.9. The SMILES string of the molecule is CN(CC1CCCC1)C(CN)c1cc(Cl)ccc1F. The summed E-state index contributed by atoms with van der Waals surface area (Å²) >= 11 is 5.97. The molecule has 0 amide bonds. The highest BCUT2D eigenvalue weighted by molar-refractivity contribution is 6.30. The first kappa shape index (κ1) is 14.8. The quantitative estimate of drug-likeness (QED) is 0.895. The van der Waals surface area contributed by atoms with E-state index in [2.05, 4.69) is 4.90 Å². The molecule has 1 aromatic carbocycles. The molecule has 0 heterocycles. The number of nitrogens with two attached hydrogens (primary N) is 1. The number of halogens is 2. The minimum Gasteiger partial charge on any atom is -0.329 e. The minimum atomic E-state index is -0.224. The van der Waals surface area contributed by atoms with E-state index in [1.807, 2.05) is 7.05 Å². The molecule has 0 saturated heterocycles. The molecular weight excluding hydrogens is 263 g/mol. The maximum absolute atomic E-state index is 13.9. The number of hydrogen-bond acceptors (Lipinski definition) is 2. The van der Waals surface area contributed by atoms with Gasteiger partial charge in [0, 0.05) is 29.7 Å². The number of hydrogen-bond donors (Lipinski definition) is 1. The minimum absolute atomic E-state index is 0.0979. The van der Waals surface area contributed by atoms with E-state index >= 15 is 0 Å².